The number of hydrogen-bond donors (Lipinski definition) is 0. The fourth-order valence-electron chi connectivity index (χ4n) is 3.87. The molecule has 1 saturated carbocycles. The second-order valence-corrected chi connectivity index (χ2v) is 10.2. The van der Waals surface area contributed by atoms with Gasteiger partial charge in [-0.1, -0.05) is 6.07 Å². The van der Waals surface area contributed by atoms with Crippen molar-refractivity contribution in [3.05, 3.63) is 29.6 Å². The van der Waals surface area contributed by atoms with E-state index < -0.39 is 14.6 Å². The largest absolute Gasteiger partial charge is 0.381 e. The number of aromatic nitrogens is 1. The number of aryl methyl sites for hydroxylation is 1. The lowest BCUT2D eigenvalue weighted by Crippen LogP contribution is -2.68. The van der Waals surface area contributed by atoms with Gasteiger partial charge in [0.2, 0.25) is 0 Å². The third-order valence-corrected chi connectivity index (χ3v) is 8.41. The molecule has 136 valence electrons. The highest BCUT2D eigenvalue weighted by molar-refractivity contribution is 7.93. The summed E-state index contributed by atoms with van der Waals surface area (Å²) in [7, 11) is -3.18. The van der Waals surface area contributed by atoms with E-state index in [1.807, 2.05) is 13.0 Å². The number of rotatable bonds is 5. The standard InChI is InChI=1S/C18H24N2O4S/c1-13-2-5-16(19-8-13)17(21)20-11-18(12-20)15(6-7-25(18,22)23)10-24-9-14-3-4-14/h2,5,8,14-15H,3-4,6-7,9-12H2,1H3/t15-/m0/s1. The number of ether oxygens (including phenoxy) is 1. The zero-order valence-electron chi connectivity index (χ0n) is 14.5. The SMILES string of the molecule is Cc1ccc(C(=O)N2CC3(C2)[C@H](COCC2CC2)CCS3(=O)=O)nc1. The first kappa shape index (κ1) is 17.0. The summed E-state index contributed by atoms with van der Waals surface area (Å²) in [5.74, 6) is 0.674. The van der Waals surface area contributed by atoms with Crippen molar-refractivity contribution in [2.45, 2.75) is 30.9 Å². The van der Waals surface area contributed by atoms with Crippen molar-refractivity contribution in [3.8, 4) is 0 Å². The van der Waals surface area contributed by atoms with Gasteiger partial charge in [-0.3, -0.25) is 9.78 Å². The third kappa shape index (κ3) is 2.97. The van der Waals surface area contributed by atoms with Crippen LogP contribution < -0.4 is 0 Å². The Labute approximate surface area is 148 Å². The predicted octanol–water partition coefficient (Wildman–Crippen LogP) is 1.45. The summed E-state index contributed by atoms with van der Waals surface area (Å²) in [6.45, 7) is 3.67. The number of carbonyl (C=O) groups is 1. The Balaban J connectivity index is 1.43. The Kier molecular flexibility index (Phi) is 4.11. The van der Waals surface area contributed by atoms with Crippen LogP contribution in [0.4, 0.5) is 0 Å². The normalized spacial score (nSPS) is 26.6. The third-order valence-electron chi connectivity index (χ3n) is 5.80. The zero-order valence-corrected chi connectivity index (χ0v) is 15.3. The number of pyridine rings is 1. The van der Waals surface area contributed by atoms with E-state index in [0.29, 0.717) is 24.6 Å². The van der Waals surface area contributed by atoms with Crippen molar-refractivity contribution >= 4 is 15.7 Å². The number of sulfone groups is 1. The van der Waals surface area contributed by atoms with E-state index in [2.05, 4.69) is 4.98 Å². The summed E-state index contributed by atoms with van der Waals surface area (Å²) < 4.78 is 30.2. The Bertz CT molecular complexity index is 765. The van der Waals surface area contributed by atoms with E-state index in [0.717, 1.165) is 12.2 Å². The van der Waals surface area contributed by atoms with Gasteiger partial charge in [0, 0.05) is 31.8 Å². The predicted molar refractivity (Wildman–Crippen MR) is 93.0 cm³/mol. The van der Waals surface area contributed by atoms with Crippen molar-refractivity contribution < 1.29 is 17.9 Å². The number of amides is 1. The molecule has 7 heteroatoms. The van der Waals surface area contributed by atoms with Gasteiger partial charge < -0.3 is 9.64 Å². The molecular weight excluding hydrogens is 340 g/mol. The van der Waals surface area contributed by atoms with Gasteiger partial charge in [0.25, 0.3) is 5.91 Å². The van der Waals surface area contributed by atoms with Crippen LogP contribution in [-0.4, -0.2) is 61.0 Å². The van der Waals surface area contributed by atoms with Gasteiger partial charge in [-0.2, -0.15) is 0 Å². The molecule has 1 aromatic rings. The maximum atomic E-state index is 12.6. The van der Waals surface area contributed by atoms with Gasteiger partial charge in [-0.05, 0) is 43.7 Å². The highest BCUT2D eigenvalue weighted by atomic mass is 32.2. The monoisotopic (exact) mass is 364 g/mol. The lowest BCUT2D eigenvalue weighted by molar-refractivity contribution is 0.0225. The molecule has 1 aromatic heterocycles. The summed E-state index contributed by atoms with van der Waals surface area (Å²) in [5, 5.41) is 0. The Morgan fingerprint density at radius 3 is 2.68 bits per heavy atom. The molecule has 0 N–H and O–H groups in total. The van der Waals surface area contributed by atoms with Crippen molar-refractivity contribution in [2.24, 2.45) is 11.8 Å². The number of likely N-dealkylation sites (tertiary alicyclic amines) is 1. The van der Waals surface area contributed by atoms with Gasteiger partial charge in [0.1, 0.15) is 10.4 Å². The summed E-state index contributed by atoms with van der Waals surface area (Å²) in [6, 6.07) is 3.54. The Hall–Kier alpha value is -1.47. The average Bonchev–Trinajstić information content (AvgIpc) is 3.31. The molecule has 0 bridgehead atoms. The summed E-state index contributed by atoms with van der Waals surface area (Å²) in [6.07, 6.45) is 4.74. The Morgan fingerprint density at radius 2 is 2.04 bits per heavy atom. The van der Waals surface area contributed by atoms with Gasteiger partial charge >= 0.3 is 0 Å². The molecule has 1 aliphatic carbocycles. The van der Waals surface area contributed by atoms with Crippen molar-refractivity contribution in [3.63, 3.8) is 0 Å². The Morgan fingerprint density at radius 1 is 1.28 bits per heavy atom. The van der Waals surface area contributed by atoms with E-state index in [1.165, 1.54) is 12.8 Å². The molecule has 2 aliphatic heterocycles. The number of hydrogen-bond acceptors (Lipinski definition) is 5. The molecule has 6 nitrogen and oxygen atoms in total. The fraction of sp³-hybridized carbons (Fsp3) is 0.667. The second-order valence-electron chi connectivity index (χ2n) is 7.73. The number of nitrogens with zero attached hydrogens (tertiary/aromatic N) is 2. The van der Waals surface area contributed by atoms with Crippen LogP contribution in [0.3, 0.4) is 0 Å². The van der Waals surface area contributed by atoms with Crippen LogP contribution in [0.1, 0.15) is 35.3 Å². The highest BCUT2D eigenvalue weighted by Gasteiger charge is 2.62. The molecule has 1 spiro atoms. The first-order chi connectivity index (χ1) is 11.9. The summed E-state index contributed by atoms with van der Waals surface area (Å²) >= 11 is 0. The zero-order chi connectivity index (χ0) is 17.7. The topological polar surface area (TPSA) is 76.6 Å². The van der Waals surface area contributed by atoms with E-state index >= 15 is 0 Å². The van der Waals surface area contributed by atoms with E-state index in [9.17, 15) is 13.2 Å². The average molecular weight is 364 g/mol. The summed E-state index contributed by atoms with van der Waals surface area (Å²) in [5.41, 5.74) is 1.36. The van der Waals surface area contributed by atoms with Crippen LogP contribution >= 0.6 is 0 Å². The van der Waals surface area contributed by atoms with Gasteiger partial charge in [0.15, 0.2) is 9.84 Å². The van der Waals surface area contributed by atoms with Gasteiger partial charge in [-0.15, -0.1) is 0 Å². The maximum Gasteiger partial charge on any atom is 0.272 e. The quantitative estimate of drug-likeness (QED) is 0.790. The van der Waals surface area contributed by atoms with E-state index in [1.54, 1.807) is 17.2 Å². The van der Waals surface area contributed by atoms with E-state index in [-0.39, 0.29) is 30.7 Å². The fourth-order valence-corrected chi connectivity index (χ4v) is 6.27. The van der Waals surface area contributed by atoms with Crippen molar-refractivity contribution in [1.29, 1.82) is 0 Å². The molecule has 0 radical (unpaired) electrons. The molecule has 0 unspecified atom stereocenters. The molecule has 1 atom stereocenters. The maximum absolute atomic E-state index is 12.6. The van der Waals surface area contributed by atoms with Gasteiger partial charge in [-0.25, -0.2) is 8.42 Å². The molecular formula is C18H24N2O4S. The minimum atomic E-state index is -3.18. The lowest BCUT2D eigenvalue weighted by Gasteiger charge is -2.49. The van der Waals surface area contributed by atoms with Crippen LogP contribution in [0.15, 0.2) is 18.3 Å². The molecule has 25 heavy (non-hydrogen) atoms. The molecule has 3 fully saturated rings. The summed E-state index contributed by atoms with van der Waals surface area (Å²) in [4.78, 5) is 18.3. The first-order valence-electron chi connectivity index (χ1n) is 8.93. The molecule has 4 rings (SSSR count). The van der Waals surface area contributed by atoms with Crippen molar-refractivity contribution in [1.82, 2.24) is 9.88 Å². The van der Waals surface area contributed by atoms with E-state index in [4.69, 9.17) is 4.74 Å². The van der Waals surface area contributed by atoms with Gasteiger partial charge in [0.05, 0.1) is 12.4 Å². The number of carbonyl (C=O) groups excluding carboxylic acids is 1. The second kappa shape index (κ2) is 6.06. The van der Waals surface area contributed by atoms with Crippen LogP contribution in [-0.2, 0) is 14.6 Å². The van der Waals surface area contributed by atoms with Crippen LogP contribution in [0.2, 0.25) is 0 Å². The molecule has 3 aliphatic rings. The van der Waals surface area contributed by atoms with Crippen molar-refractivity contribution in [2.75, 3.05) is 32.1 Å². The van der Waals surface area contributed by atoms with Crippen LogP contribution in [0, 0.1) is 18.8 Å². The molecule has 3 heterocycles. The van der Waals surface area contributed by atoms with Crippen LogP contribution in [0.5, 0.6) is 0 Å². The first-order valence-corrected chi connectivity index (χ1v) is 10.6. The lowest BCUT2D eigenvalue weighted by atomic mass is 9.83. The minimum Gasteiger partial charge on any atom is -0.381 e. The molecule has 1 amide bonds. The minimum absolute atomic E-state index is 0.00808. The smallest absolute Gasteiger partial charge is 0.272 e. The highest BCUT2D eigenvalue weighted by Crippen LogP contribution is 2.45. The van der Waals surface area contributed by atoms with Crippen LogP contribution in [0.25, 0.3) is 0 Å². The molecule has 0 aromatic carbocycles. The molecule has 2 saturated heterocycles.